The molecule has 0 saturated carbocycles. The lowest BCUT2D eigenvalue weighted by atomic mass is 9.84. The van der Waals surface area contributed by atoms with Gasteiger partial charge in [0.1, 0.15) is 6.07 Å². The summed E-state index contributed by atoms with van der Waals surface area (Å²) >= 11 is 1.86. The van der Waals surface area contributed by atoms with Crippen LogP contribution in [0.5, 0.6) is 0 Å². The molecule has 1 aliphatic rings. The second kappa shape index (κ2) is 36.0. The highest BCUT2D eigenvalue weighted by Crippen LogP contribution is 2.41. The predicted octanol–water partition coefficient (Wildman–Crippen LogP) is 28.9. The van der Waals surface area contributed by atoms with Crippen molar-refractivity contribution in [2.24, 2.45) is 0 Å². The number of nitrogens with zero attached hydrogens (tertiary/aromatic N) is 8. The molecule has 17 aromatic carbocycles. The van der Waals surface area contributed by atoms with Crippen LogP contribution in [0.4, 0.5) is 0 Å². The number of hydrogen-bond donors (Lipinski definition) is 0. The van der Waals surface area contributed by atoms with Gasteiger partial charge in [0.05, 0.1) is 61.4 Å². The van der Waals surface area contributed by atoms with Crippen molar-refractivity contribution in [3.05, 3.63) is 477 Å². The molecule has 0 atom stereocenters. The van der Waals surface area contributed by atoms with E-state index in [0.717, 1.165) is 105 Å². The van der Waals surface area contributed by atoms with E-state index >= 15 is 0 Å². The number of nitriles is 1. The van der Waals surface area contributed by atoms with E-state index in [1.807, 2.05) is 193 Å². The summed E-state index contributed by atoms with van der Waals surface area (Å²) in [6, 6.07) is 145. The minimum Gasteiger partial charge on any atom is -0.289 e. The van der Waals surface area contributed by atoms with E-state index in [9.17, 15) is 14.9 Å². The van der Waals surface area contributed by atoms with Crippen LogP contribution in [-0.2, 0) is 0 Å². The molecule has 8 aromatic heterocycles. The van der Waals surface area contributed by atoms with Crippen LogP contribution >= 0.6 is 11.3 Å². The highest BCUT2D eigenvalue weighted by Gasteiger charge is 2.28. The van der Waals surface area contributed by atoms with Crippen molar-refractivity contribution < 1.29 is 9.59 Å². The van der Waals surface area contributed by atoms with Gasteiger partial charge in [-0.3, -0.25) is 29.5 Å². The molecule has 0 aliphatic heterocycles. The molecule has 26 rings (SSSR count). The molecule has 10 nitrogen and oxygen atoms in total. The Morgan fingerprint density at radius 2 is 0.512 bits per heavy atom. The normalized spacial score (nSPS) is 11.2. The van der Waals surface area contributed by atoms with Gasteiger partial charge in [0.25, 0.3) is 0 Å². The summed E-state index contributed by atoms with van der Waals surface area (Å²) in [6.45, 7) is 0. The zero-order valence-electron chi connectivity index (χ0n) is 67.5. The second-order valence-electron chi connectivity index (χ2n) is 29.9. The summed E-state index contributed by atoms with van der Waals surface area (Å²) in [5.74, 6) is -0.128. The Morgan fingerprint density at radius 1 is 0.216 bits per heavy atom. The van der Waals surface area contributed by atoms with E-state index in [1.165, 1.54) is 74.0 Å². The fourth-order valence-electron chi connectivity index (χ4n) is 16.3. The molecular weight excluding hydrogens is 1550 g/mol. The number of thiophene rings is 1. The molecule has 0 N–H and O–H groups in total. The van der Waals surface area contributed by atoms with Gasteiger partial charge in [-0.25, -0.2) is 15.0 Å². The number of ketones is 2. The third-order valence-corrected chi connectivity index (χ3v) is 23.4. The van der Waals surface area contributed by atoms with Gasteiger partial charge in [-0.15, -0.1) is 11.3 Å². The van der Waals surface area contributed by atoms with Gasteiger partial charge in [-0.2, -0.15) is 5.26 Å². The van der Waals surface area contributed by atoms with Crippen LogP contribution in [0.3, 0.4) is 0 Å². The van der Waals surface area contributed by atoms with Crippen LogP contribution in [0.2, 0.25) is 0 Å². The first kappa shape index (κ1) is 78.1. The van der Waals surface area contributed by atoms with Crippen molar-refractivity contribution >= 4 is 173 Å². The van der Waals surface area contributed by atoms with E-state index < -0.39 is 0 Å². The summed E-state index contributed by atoms with van der Waals surface area (Å²) in [5, 5.41) is 34.2. The van der Waals surface area contributed by atoms with Crippen molar-refractivity contribution in [1.82, 2.24) is 34.9 Å². The van der Waals surface area contributed by atoms with Crippen LogP contribution in [0, 0.1) is 11.3 Å². The second-order valence-corrected chi connectivity index (χ2v) is 30.9. The SMILES string of the molecule is N#Cc1c2ccccc2cc2ccccc12.O=C1c2ccccc2C(=O)c2ccccc21.c1cc2cccc3c4cccc5cccc(c(c1)c23)c54.c1ccc(-c2ccccn2)nc1.c1ccc2c(c1)sc1ccccc12.c1ccc2nc(-c3ccc4ccccc4n3)ccc2c1.c1ccc2nc3ccccc3cc2c1.c1cnc2c(c1)ccc1cccnc12. The molecular formula is C114H74N8O2S. The van der Waals surface area contributed by atoms with E-state index in [4.69, 9.17) is 0 Å². The Hall–Kier alpha value is -16.8. The van der Waals surface area contributed by atoms with Gasteiger partial charge in [0, 0.05) is 110 Å². The van der Waals surface area contributed by atoms with E-state index in [0.29, 0.717) is 22.3 Å². The Kier molecular flexibility index (Phi) is 22.5. The zero-order chi connectivity index (χ0) is 84.2. The first-order valence-electron chi connectivity index (χ1n) is 41.2. The molecule has 0 saturated heterocycles. The van der Waals surface area contributed by atoms with E-state index in [1.54, 1.807) is 73.3 Å². The molecule has 11 heteroatoms. The largest absolute Gasteiger partial charge is 0.289 e. The molecule has 8 heterocycles. The lowest BCUT2D eigenvalue weighted by Gasteiger charge is -2.16. The monoisotopic (exact) mass is 1620 g/mol. The molecule has 125 heavy (non-hydrogen) atoms. The first-order chi connectivity index (χ1) is 61.8. The third-order valence-electron chi connectivity index (χ3n) is 22.2. The maximum atomic E-state index is 12.1. The summed E-state index contributed by atoms with van der Waals surface area (Å²) < 4.78 is 2.76. The van der Waals surface area contributed by atoms with Gasteiger partial charge in [-0.05, 0) is 151 Å². The number of benzene rings is 17. The summed E-state index contributed by atoms with van der Waals surface area (Å²) in [5.41, 5.74) is 12.5. The van der Waals surface area contributed by atoms with Crippen molar-refractivity contribution in [1.29, 1.82) is 5.26 Å². The molecule has 0 spiro atoms. The maximum Gasteiger partial charge on any atom is 0.194 e. The quantitative estimate of drug-likeness (QED) is 0.121. The van der Waals surface area contributed by atoms with Crippen LogP contribution in [0.15, 0.2) is 449 Å². The van der Waals surface area contributed by atoms with Crippen LogP contribution in [-0.4, -0.2) is 46.5 Å². The van der Waals surface area contributed by atoms with Crippen molar-refractivity contribution in [3.8, 4) is 28.8 Å². The minimum atomic E-state index is -0.0641. The molecule has 588 valence electrons. The standard InChI is InChI=1S/C20H12.C18H12N2.C15H9N.C14H8O2.C13H9N.C12H8N2.C12H8S.C10H8N2/c1-5-13-6-2-11-17-18-12-4-8-14-7-3-10-16(20(14)18)15(9-1)19(13)17;1-3-7-15-13(5-1)9-11-17(19-15)18-12-10-14-6-2-4-8-16(14)20-18;16-10-15-13-7-3-1-5-11(13)9-12-6-2-4-8-14(12)15;15-13-9-5-1-2-6-10(9)14(16)12-8-4-3-7-11(12)13;1-3-7-12-10(5-1)9-11-6-2-4-8-13(11)14-12;1-3-9-5-6-10-4-2-8-14-12(10)11(9)13-7-1;1-3-7-11-9(5-1)10-6-2-4-8-12(10)13-11;1-3-7-11-9(5-1)10-6-2-4-8-12-10/h2*1-12H;1-9H;1-8H;1-9H;1-8H;1-8H;1-8H. The number of fused-ring (bicyclic) bond motifs is 16. The number of carbonyl (C=O) groups is 2. The third kappa shape index (κ3) is 16.5. The Labute approximate surface area is 724 Å². The highest BCUT2D eigenvalue weighted by atomic mass is 32.1. The number of pyridine rings is 7. The van der Waals surface area contributed by atoms with Gasteiger partial charge in [0.15, 0.2) is 11.6 Å². The van der Waals surface area contributed by atoms with Crippen molar-refractivity contribution in [3.63, 3.8) is 0 Å². The Balaban J connectivity index is 0.0000000940. The molecule has 0 unspecified atom stereocenters. The van der Waals surface area contributed by atoms with Crippen LogP contribution in [0.1, 0.15) is 37.4 Å². The summed E-state index contributed by atoms with van der Waals surface area (Å²) in [4.78, 5) is 55.2. The fourth-order valence-corrected chi connectivity index (χ4v) is 17.4. The van der Waals surface area contributed by atoms with Crippen LogP contribution in [0.25, 0.3) is 173 Å². The van der Waals surface area contributed by atoms with Gasteiger partial charge < -0.3 is 0 Å². The molecule has 25 aromatic rings. The summed E-state index contributed by atoms with van der Waals surface area (Å²) in [6.07, 6.45) is 7.14. The molecule has 1 aliphatic carbocycles. The highest BCUT2D eigenvalue weighted by molar-refractivity contribution is 7.25. The molecule has 0 bridgehead atoms. The molecule has 0 fully saturated rings. The maximum absolute atomic E-state index is 12.1. The van der Waals surface area contributed by atoms with E-state index in [-0.39, 0.29) is 11.6 Å². The van der Waals surface area contributed by atoms with Gasteiger partial charge >= 0.3 is 0 Å². The fraction of sp³-hybridized carbons (Fsp3) is 0. The Morgan fingerprint density at radius 3 is 0.904 bits per heavy atom. The van der Waals surface area contributed by atoms with Gasteiger partial charge in [0.2, 0.25) is 0 Å². The van der Waals surface area contributed by atoms with Crippen LogP contribution < -0.4 is 0 Å². The molecule has 0 amide bonds. The number of carbonyl (C=O) groups excluding carboxylic acids is 2. The lowest BCUT2D eigenvalue weighted by Crippen LogP contribution is -2.20. The first-order valence-corrected chi connectivity index (χ1v) is 42.0. The average Bonchev–Trinajstić information content (AvgIpc) is 1.55. The topological polar surface area (TPSA) is 148 Å². The molecule has 0 radical (unpaired) electrons. The smallest absolute Gasteiger partial charge is 0.194 e. The van der Waals surface area contributed by atoms with Crippen molar-refractivity contribution in [2.45, 2.75) is 0 Å². The number of para-hydroxylation sites is 4. The number of hydrogen-bond acceptors (Lipinski definition) is 11. The van der Waals surface area contributed by atoms with E-state index in [2.05, 4.69) is 235 Å². The number of aromatic nitrogens is 7. The number of rotatable bonds is 2. The average molecular weight is 1620 g/mol. The zero-order valence-corrected chi connectivity index (χ0v) is 68.3. The van der Waals surface area contributed by atoms with Gasteiger partial charge in [-0.1, -0.05) is 328 Å². The minimum absolute atomic E-state index is 0.0641. The summed E-state index contributed by atoms with van der Waals surface area (Å²) in [7, 11) is 0. The Bertz CT molecular complexity index is 7670. The van der Waals surface area contributed by atoms with Crippen molar-refractivity contribution in [2.75, 3.05) is 0 Å². The lowest BCUT2D eigenvalue weighted by molar-refractivity contribution is 0.0979. The predicted molar refractivity (Wildman–Crippen MR) is 519 cm³/mol.